The Morgan fingerprint density at radius 2 is 2.12 bits per heavy atom. The lowest BCUT2D eigenvalue weighted by molar-refractivity contribution is -0.126. The molecule has 1 heterocycles. The van der Waals surface area contributed by atoms with Gasteiger partial charge >= 0.3 is 0 Å². The van der Waals surface area contributed by atoms with Crippen LogP contribution in [0.5, 0.6) is 0 Å². The van der Waals surface area contributed by atoms with Gasteiger partial charge in [-0.15, -0.1) is 0 Å². The predicted molar refractivity (Wildman–Crippen MR) is 64.3 cm³/mol. The Morgan fingerprint density at radius 3 is 2.71 bits per heavy atom. The van der Waals surface area contributed by atoms with Crippen LogP contribution < -0.4 is 5.32 Å². The van der Waals surface area contributed by atoms with Crippen LogP contribution in [-0.4, -0.2) is 50.2 Å². The molecule has 1 N–H and O–H groups in total. The smallest absolute Gasteiger partial charge is 0.239 e. The maximum atomic E-state index is 11.6. The Balaban J connectivity index is 2.12. The van der Waals surface area contributed by atoms with Crippen LogP contribution in [0.3, 0.4) is 0 Å². The van der Waals surface area contributed by atoms with Gasteiger partial charge in [0.15, 0.2) is 0 Å². The second-order valence-electron chi connectivity index (χ2n) is 4.80. The summed E-state index contributed by atoms with van der Waals surface area (Å²) in [5.41, 5.74) is -0.932. The van der Waals surface area contributed by atoms with Crippen molar-refractivity contribution in [2.24, 2.45) is 5.41 Å². The molecule has 1 fully saturated rings. The number of nitrogens with one attached hydrogen (secondary N) is 1. The highest BCUT2D eigenvalue weighted by Gasteiger charge is 2.26. The van der Waals surface area contributed by atoms with Gasteiger partial charge < -0.3 is 10.1 Å². The number of hydrogen-bond donors (Lipinski definition) is 1. The van der Waals surface area contributed by atoms with Crippen LogP contribution in [0, 0.1) is 16.7 Å². The summed E-state index contributed by atoms with van der Waals surface area (Å²) < 4.78 is 5.26. The molecule has 5 heteroatoms. The Labute approximate surface area is 103 Å². The van der Waals surface area contributed by atoms with Crippen LogP contribution in [0.2, 0.25) is 0 Å². The molecular weight excluding hydrogens is 218 g/mol. The van der Waals surface area contributed by atoms with Gasteiger partial charge in [-0.05, 0) is 26.8 Å². The topological polar surface area (TPSA) is 65.4 Å². The van der Waals surface area contributed by atoms with Gasteiger partial charge in [0, 0.05) is 19.6 Å². The second kappa shape index (κ2) is 6.58. The van der Waals surface area contributed by atoms with Crippen molar-refractivity contribution in [2.45, 2.75) is 20.3 Å². The van der Waals surface area contributed by atoms with E-state index >= 15 is 0 Å². The van der Waals surface area contributed by atoms with Crippen molar-refractivity contribution in [3.63, 3.8) is 0 Å². The van der Waals surface area contributed by atoms with E-state index in [2.05, 4.69) is 10.2 Å². The molecule has 1 saturated heterocycles. The van der Waals surface area contributed by atoms with Crippen LogP contribution in [0.1, 0.15) is 20.3 Å². The van der Waals surface area contributed by atoms with Crippen molar-refractivity contribution < 1.29 is 9.53 Å². The zero-order valence-electron chi connectivity index (χ0n) is 10.7. The van der Waals surface area contributed by atoms with Crippen LogP contribution in [0.4, 0.5) is 0 Å². The molecular formula is C12H21N3O2. The summed E-state index contributed by atoms with van der Waals surface area (Å²) in [4.78, 5) is 13.9. The molecule has 1 rings (SSSR count). The van der Waals surface area contributed by atoms with Gasteiger partial charge in [-0.2, -0.15) is 5.26 Å². The number of rotatable bonds is 5. The minimum absolute atomic E-state index is 0.193. The van der Waals surface area contributed by atoms with Crippen LogP contribution in [0.15, 0.2) is 0 Å². The number of morpholine rings is 1. The predicted octanol–water partition coefficient (Wildman–Crippen LogP) is 0.375. The van der Waals surface area contributed by atoms with E-state index in [0.29, 0.717) is 6.54 Å². The van der Waals surface area contributed by atoms with Gasteiger partial charge in [0.1, 0.15) is 5.41 Å². The molecule has 0 radical (unpaired) electrons. The highest BCUT2D eigenvalue weighted by Crippen LogP contribution is 2.12. The highest BCUT2D eigenvalue weighted by atomic mass is 16.5. The molecule has 0 aliphatic carbocycles. The van der Waals surface area contributed by atoms with Gasteiger partial charge in [-0.3, -0.25) is 9.69 Å². The summed E-state index contributed by atoms with van der Waals surface area (Å²) in [5.74, 6) is -0.193. The van der Waals surface area contributed by atoms with Crippen LogP contribution >= 0.6 is 0 Å². The first-order valence-corrected chi connectivity index (χ1v) is 6.06. The molecule has 0 aromatic carbocycles. The molecule has 1 amide bonds. The van der Waals surface area contributed by atoms with Gasteiger partial charge in [0.25, 0.3) is 0 Å². The standard InChI is InChI=1S/C12H21N3O2/c1-12(2,10-13)11(16)14-4-3-5-15-6-8-17-9-7-15/h3-9H2,1-2H3,(H,14,16). The molecule has 1 aliphatic rings. The van der Waals surface area contributed by atoms with E-state index < -0.39 is 5.41 Å². The van der Waals surface area contributed by atoms with Crippen molar-refractivity contribution in [1.29, 1.82) is 5.26 Å². The number of ether oxygens (including phenoxy) is 1. The summed E-state index contributed by atoms with van der Waals surface area (Å²) in [6.07, 6.45) is 0.910. The van der Waals surface area contributed by atoms with Crippen molar-refractivity contribution in [3.05, 3.63) is 0 Å². The van der Waals surface area contributed by atoms with E-state index in [9.17, 15) is 4.79 Å². The van der Waals surface area contributed by atoms with E-state index in [4.69, 9.17) is 10.00 Å². The third kappa shape index (κ3) is 4.72. The summed E-state index contributed by atoms with van der Waals surface area (Å²) in [6.45, 7) is 8.39. The zero-order chi connectivity index (χ0) is 12.7. The van der Waals surface area contributed by atoms with Gasteiger partial charge in [0.2, 0.25) is 5.91 Å². The Kier molecular flexibility index (Phi) is 5.39. The molecule has 0 atom stereocenters. The number of amides is 1. The summed E-state index contributed by atoms with van der Waals surface area (Å²) >= 11 is 0. The first kappa shape index (κ1) is 13.9. The van der Waals surface area contributed by atoms with Crippen molar-refractivity contribution in [3.8, 4) is 6.07 Å². The normalized spacial score (nSPS) is 17.5. The summed E-state index contributed by atoms with van der Waals surface area (Å²) in [7, 11) is 0. The number of carbonyl (C=O) groups is 1. The van der Waals surface area contributed by atoms with Gasteiger partial charge in [0.05, 0.1) is 19.3 Å². The van der Waals surface area contributed by atoms with E-state index in [-0.39, 0.29) is 5.91 Å². The maximum Gasteiger partial charge on any atom is 0.239 e. The molecule has 0 saturated carbocycles. The first-order chi connectivity index (χ1) is 8.06. The van der Waals surface area contributed by atoms with Gasteiger partial charge in [-0.25, -0.2) is 0 Å². The van der Waals surface area contributed by atoms with Crippen LogP contribution in [-0.2, 0) is 9.53 Å². The van der Waals surface area contributed by atoms with E-state index in [1.807, 2.05) is 6.07 Å². The molecule has 96 valence electrons. The Morgan fingerprint density at radius 1 is 1.47 bits per heavy atom. The highest BCUT2D eigenvalue weighted by molar-refractivity contribution is 5.84. The summed E-state index contributed by atoms with van der Waals surface area (Å²) in [6, 6.07) is 1.99. The SMILES string of the molecule is CC(C)(C#N)C(=O)NCCCN1CCOCC1. The molecule has 1 aliphatic heterocycles. The number of hydrogen-bond acceptors (Lipinski definition) is 4. The molecule has 17 heavy (non-hydrogen) atoms. The Bertz CT molecular complexity index is 291. The second-order valence-corrected chi connectivity index (χ2v) is 4.80. The largest absolute Gasteiger partial charge is 0.379 e. The van der Waals surface area contributed by atoms with Crippen molar-refractivity contribution in [2.75, 3.05) is 39.4 Å². The van der Waals surface area contributed by atoms with Crippen molar-refractivity contribution >= 4 is 5.91 Å². The Hall–Kier alpha value is -1.12. The fraction of sp³-hybridized carbons (Fsp3) is 0.833. The zero-order valence-corrected chi connectivity index (χ0v) is 10.7. The van der Waals surface area contributed by atoms with E-state index in [1.54, 1.807) is 13.8 Å². The molecule has 0 aromatic rings. The molecule has 0 bridgehead atoms. The molecule has 0 aromatic heterocycles. The maximum absolute atomic E-state index is 11.6. The minimum Gasteiger partial charge on any atom is -0.379 e. The number of nitriles is 1. The third-order valence-electron chi connectivity index (χ3n) is 2.89. The monoisotopic (exact) mass is 239 g/mol. The average Bonchev–Trinajstić information content (AvgIpc) is 2.35. The van der Waals surface area contributed by atoms with E-state index in [0.717, 1.165) is 39.3 Å². The fourth-order valence-electron chi connectivity index (χ4n) is 1.60. The van der Waals surface area contributed by atoms with Gasteiger partial charge in [-0.1, -0.05) is 0 Å². The fourth-order valence-corrected chi connectivity index (χ4v) is 1.60. The molecule has 0 spiro atoms. The lowest BCUT2D eigenvalue weighted by atomic mass is 9.95. The quantitative estimate of drug-likeness (QED) is 0.704. The number of nitrogens with zero attached hydrogens (tertiary/aromatic N) is 2. The minimum atomic E-state index is -0.932. The lowest BCUT2D eigenvalue weighted by Crippen LogP contribution is -2.40. The first-order valence-electron chi connectivity index (χ1n) is 6.06. The summed E-state index contributed by atoms with van der Waals surface area (Å²) in [5, 5.41) is 11.6. The van der Waals surface area contributed by atoms with Crippen molar-refractivity contribution in [1.82, 2.24) is 10.2 Å². The molecule has 5 nitrogen and oxygen atoms in total. The van der Waals surface area contributed by atoms with E-state index in [1.165, 1.54) is 0 Å². The number of carbonyl (C=O) groups excluding carboxylic acids is 1. The molecule has 0 unspecified atom stereocenters. The van der Waals surface area contributed by atoms with Crippen LogP contribution in [0.25, 0.3) is 0 Å². The third-order valence-corrected chi connectivity index (χ3v) is 2.89. The lowest BCUT2D eigenvalue weighted by Gasteiger charge is -2.26. The average molecular weight is 239 g/mol.